The molecule has 1 saturated heterocycles. The van der Waals surface area contributed by atoms with Crippen LogP contribution in [0.15, 0.2) is 36.5 Å². The molecule has 6 heteroatoms. The topological polar surface area (TPSA) is 54.5 Å². The number of morpholine rings is 1. The van der Waals surface area contributed by atoms with Crippen LogP contribution in [0.5, 0.6) is 0 Å². The fraction of sp³-hybridized carbons (Fsp3) is 0.444. The summed E-state index contributed by atoms with van der Waals surface area (Å²) in [5, 5.41) is 4.07. The van der Waals surface area contributed by atoms with E-state index in [2.05, 4.69) is 27.3 Å². The molecule has 5 nitrogen and oxygen atoms in total. The average Bonchev–Trinajstić information content (AvgIpc) is 3.13. The van der Waals surface area contributed by atoms with Gasteiger partial charge in [0.1, 0.15) is 4.88 Å². The fourth-order valence-electron chi connectivity index (χ4n) is 2.88. The molecule has 0 aliphatic carbocycles. The zero-order valence-electron chi connectivity index (χ0n) is 13.9. The first-order valence-corrected chi connectivity index (χ1v) is 9.19. The van der Waals surface area contributed by atoms with Gasteiger partial charge in [0.05, 0.1) is 30.5 Å². The van der Waals surface area contributed by atoms with E-state index in [1.54, 1.807) is 6.20 Å². The lowest BCUT2D eigenvalue weighted by atomic mass is 10.0. The third kappa shape index (κ3) is 4.20. The molecule has 1 aromatic carbocycles. The van der Waals surface area contributed by atoms with Crippen LogP contribution < -0.4 is 5.32 Å². The number of benzene rings is 1. The Morgan fingerprint density at radius 2 is 2.08 bits per heavy atom. The Hall–Kier alpha value is -1.76. The molecule has 1 aliphatic heterocycles. The number of carbonyl (C=O) groups excluding carboxylic acids is 1. The number of hydrogen-bond donors (Lipinski definition) is 1. The zero-order valence-corrected chi connectivity index (χ0v) is 14.7. The van der Waals surface area contributed by atoms with E-state index < -0.39 is 0 Å². The lowest BCUT2D eigenvalue weighted by Gasteiger charge is -2.34. The van der Waals surface area contributed by atoms with Crippen LogP contribution in [0.25, 0.3) is 0 Å². The molecular formula is C18H23N3O2S. The van der Waals surface area contributed by atoms with Gasteiger partial charge in [-0.25, -0.2) is 4.98 Å². The van der Waals surface area contributed by atoms with E-state index >= 15 is 0 Å². The van der Waals surface area contributed by atoms with E-state index in [1.165, 1.54) is 16.9 Å². The molecule has 0 radical (unpaired) electrons. The molecule has 1 amide bonds. The summed E-state index contributed by atoms with van der Waals surface area (Å²) in [5.41, 5.74) is 1.22. The number of rotatable bonds is 6. The highest BCUT2D eigenvalue weighted by molar-refractivity contribution is 7.13. The minimum Gasteiger partial charge on any atom is -0.379 e. The van der Waals surface area contributed by atoms with Crippen LogP contribution in [0.3, 0.4) is 0 Å². The van der Waals surface area contributed by atoms with Crippen molar-refractivity contribution in [1.82, 2.24) is 15.2 Å². The Morgan fingerprint density at radius 3 is 2.75 bits per heavy atom. The third-order valence-electron chi connectivity index (χ3n) is 4.21. The van der Waals surface area contributed by atoms with Crippen molar-refractivity contribution in [3.05, 3.63) is 52.0 Å². The van der Waals surface area contributed by atoms with Crippen LogP contribution >= 0.6 is 11.3 Å². The smallest absolute Gasteiger partial charge is 0.263 e. The van der Waals surface area contributed by atoms with Crippen molar-refractivity contribution in [2.75, 3.05) is 32.8 Å². The van der Waals surface area contributed by atoms with Gasteiger partial charge in [0.25, 0.3) is 5.91 Å². The molecule has 2 aromatic rings. The van der Waals surface area contributed by atoms with E-state index in [4.69, 9.17) is 4.74 Å². The summed E-state index contributed by atoms with van der Waals surface area (Å²) < 4.78 is 5.46. The Labute approximate surface area is 146 Å². The lowest BCUT2D eigenvalue weighted by Crippen LogP contribution is -2.43. The molecule has 1 unspecified atom stereocenters. The molecule has 0 spiro atoms. The Morgan fingerprint density at radius 1 is 1.33 bits per heavy atom. The van der Waals surface area contributed by atoms with Crippen LogP contribution in [-0.4, -0.2) is 48.6 Å². The van der Waals surface area contributed by atoms with Crippen molar-refractivity contribution in [2.24, 2.45) is 0 Å². The maximum absolute atomic E-state index is 12.4. The number of aryl methyl sites for hydroxylation is 1. The molecule has 0 saturated carbocycles. The van der Waals surface area contributed by atoms with Gasteiger partial charge in [0.2, 0.25) is 0 Å². The van der Waals surface area contributed by atoms with Crippen LogP contribution in [-0.2, 0) is 11.2 Å². The predicted octanol–water partition coefficient (Wildman–Crippen LogP) is 2.51. The molecule has 24 heavy (non-hydrogen) atoms. The maximum Gasteiger partial charge on any atom is 0.263 e. The second-order valence-electron chi connectivity index (χ2n) is 5.76. The van der Waals surface area contributed by atoms with Gasteiger partial charge in [-0.05, 0) is 12.0 Å². The lowest BCUT2D eigenvalue weighted by molar-refractivity contribution is 0.0162. The highest BCUT2D eigenvalue weighted by Gasteiger charge is 2.23. The molecular weight excluding hydrogens is 322 g/mol. The van der Waals surface area contributed by atoms with Crippen molar-refractivity contribution in [3.8, 4) is 0 Å². The van der Waals surface area contributed by atoms with Crippen LogP contribution in [0.1, 0.15) is 33.2 Å². The van der Waals surface area contributed by atoms with Gasteiger partial charge in [-0.15, -0.1) is 11.3 Å². The summed E-state index contributed by atoms with van der Waals surface area (Å²) >= 11 is 1.47. The molecule has 3 rings (SSSR count). The van der Waals surface area contributed by atoms with Gasteiger partial charge in [0.15, 0.2) is 0 Å². The van der Waals surface area contributed by atoms with Crippen LogP contribution in [0.4, 0.5) is 0 Å². The summed E-state index contributed by atoms with van der Waals surface area (Å²) in [5.74, 6) is -0.0404. The number of thiazole rings is 1. The number of hydrogen-bond acceptors (Lipinski definition) is 5. The highest BCUT2D eigenvalue weighted by atomic mass is 32.1. The zero-order chi connectivity index (χ0) is 16.8. The average molecular weight is 345 g/mol. The Kier molecular flexibility index (Phi) is 5.96. The largest absolute Gasteiger partial charge is 0.379 e. The van der Waals surface area contributed by atoms with Crippen molar-refractivity contribution in [1.29, 1.82) is 0 Å². The highest BCUT2D eigenvalue weighted by Crippen LogP contribution is 2.21. The Balaban J connectivity index is 1.68. The van der Waals surface area contributed by atoms with Gasteiger partial charge < -0.3 is 10.1 Å². The second-order valence-corrected chi connectivity index (χ2v) is 6.87. The predicted molar refractivity (Wildman–Crippen MR) is 95.4 cm³/mol. The van der Waals surface area contributed by atoms with Crippen molar-refractivity contribution < 1.29 is 9.53 Å². The SMILES string of the molecule is CCc1ncc(C(=O)NCC(c2ccccc2)N2CCOCC2)s1. The molecule has 0 bridgehead atoms. The summed E-state index contributed by atoms with van der Waals surface area (Å²) in [6, 6.07) is 10.5. The number of amides is 1. The molecule has 2 heterocycles. The fourth-order valence-corrected chi connectivity index (χ4v) is 3.65. The van der Waals surface area contributed by atoms with Crippen molar-refractivity contribution in [2.45, 2.75) is 19.4 Å². The van der Waals surface area contributed by atoms with Crippen molar-refractivity contribution in [3.63, 3.8) is 0 Å². The first kappa shape index (κ1) is 17.1. The van der Waals surface area contributed by atoms with Gasteiger partial charge >= 0.3 is 0 Å². The number of nitrogens with zero attached hydrogens (tertiary/aromatic N) is 2. The van der Waals surface area contributed by atoms with E-state index in [1.807, 2.05) is 25.1 Å². The monoisotopic (exact) mass is 345 g/mol. The minimum atomic E-state index is -0.0404. The summed E-state index contributed by atoms with van der Waals surface area (Å²) in [4.78, 5) is 19.7. The van der Waals surface area contributed by atoms with Gasteiger partial charge in [-0.1, -0.05) is 37.3 Å². The quantitative estimate of drug-likeness (QED) is 0.874. The third-order valence-corrected chi connectivity index (χ3v) is 5.35. The number of aromatic nitrogens is 1. The van der Waals surface area contributed by atoms with Gasteiger partial charge in [0, 0.05) is 19.6 Å². The summed E-state index contributed by atoms with van der Waals surface area (Å²) in [6.45, 7) is 5.89. The standard InChI is InChI=1S/C18H23N3O2S/c1-2-17-19-13-16(24-17)18(22)20-12-15(14-6-4-3-5-7-14)21-8-10-23-11-9-21/h3-7,13,15H,2,8-12H2,1H3,(H,20,22). The van der Waals surface area contributed by atoms with E-state index in [0.29, 0.717) is 11.4 Å². The van der Waals surface area contributed by atoms with E-state index in [-0.39, 0.29) is 11.9 Å². The molecule has 1 atom stereocenters. The van der Waals surface area contributed by atoms with Crippen LogP contribution in [0, 0.1) is 0 Å². The van der Waals surface area contributed by atoms with Gasteiger partial charge in [-0.3, -0.25) is 9.69 Å². The first-order valence-electron chi connectivity index (χ1n) is 8.37. The second kappa shape index (κ2) is 8.37. The minimum absolute atomic E-state index is 0.0404. The number of carbonyl (C=O) groups is 1. The maximum atomic E-state index is 12.4. The van der Waals surface area contributed by atoms with Crippen molar-refractivity contribution >= 4 is 17.2 Å². The number of nitrogens with one attached hydrogen (secondary N) is 1. The van der Waals surface area contributed by atoms with Gasteiger partial charge in [-0.2, -0.15) is 0 Å². The number of ether oxygens (including phenoxy) is 1. The van der Waals surface area contributed by atoms with E-state index in [0.717, 1.165) is 37.7 Å². The summed E-state index contributed by atoms with van der Waals surface area (Å²) in [7, 11) is 0. The molecule has 1 N–H and O–H groups in total. The molecule has 1 aliphatic rings. The van der Waals surface area contributed by atoms with E-state index in [9.17, 15) is 4.79 Å². The normalized spacial score (nSPS) is 16.7. The Bertz CT molecular complexity index is 653. The first-order chi connectivity index (χ1) is 11.8. The molecule has 128 valence electrons. The molecule has 1 fully saturated rings. The molecule has 1 aromatic heterocycles. The summed E-state index contributed by atoms with van der Waals surface area (Å²) in [6.07, 6.45) is 2.53. The van der Waals surface area contributed by atoms with Crippen LogP contribution in [0.2, 0.25) is 0 Å².